The number of anilines is 1. The van der Waals surface area contributed by atoms with Crippen LogP contribution in [0.3, 0.4) is 0 Å². The van der Waals surface area contributed by atoms with Crippen molar-refractivity contribution in [3.8, 4) is 0 Å². The zero-order valence-electron chi connectivity index (χ0n) is 13.8. The van der Waals surface area contributed by atoms with Crippen molar-refractivity contribution in [1.82, 2.24) is 9.62 Å². The molecule has 2 amide bonds. The van der Waals surface area contributed by atoms with E-state index < -0.39 is 10.0 Å². The molecule has 0 radical (unpaired) electrons. The van der Waals surface area contributed by atoms with Gasteiger partial charge in [0.1, 0.15) is 0 Å². The van der Waals surface area contributed by atoms with Gasteiger partial charge in [-0.2, -0.15) is 4.31 Å². The molecule has 2 aromatic rings. The number of carbonyl (C=O) groups excluding carboxylic acids is 1. The third-order valence-electron chi connectivity index (χ3n) is 4.05. The van der Waals surface area contributed by atoms with E-state index >= 15 is 0 Å². The lowest BCUT2D eigenvalue weighted by Crippen LogP contribution is -2.35. The monoisotopic (exact) mass is 379 g/mol. The number of piperidine rings is 1. The molecule has 0 bridgehead atoms. The van der Waals surface area contributed by atoms with Crippen molar-refractivity contribution >= 4 is 33.1 Å². The van der Waals surface area contributed by atoms with E-state index in [1.165, 1.54) is 10.4 Å². The van der Waals surface area contributed by atoms with Crippen molar-refractivity contribution in [1.29, 1.82) is 0 Å². The molecule has 0 spiro atoms. The van der Waals surface area contributed by atoms with Gasteiger partial charge in [-0.15, -0.1) is 11.3 Å². The lowest BCUT2D eigenvalue weighted by molar-refractivity contribution is 0.252. The Bertz CT molecular complexity index is 813. The largest absolute Gasteiger partial charge is 0.333 e. The summed E-state index contributed by atoms with van der Waals surface area (Å²) in [6.45, 7) is 1.55. The number of carbonyl (C=O) groups is 1. The van der Waals surface area contributed by atoms with E-state index in [1.807, 2.05) is 17.5 Å². The van der Waals surface area contributed by atoms with Crippen LogP contribution in [0.5, 0.6) is 0 Å². The lowest BCUT2D eigenvalue weighted by Gasteiger charge is -2.26. The van der Waals surface area contributed by atoms with Crippen LogP contribution >= 0.6 is 11.3 Å². The molecule has 6 nitrogen and oxygen atoms in total. The highest BCUT2D eigenvalue weighted by Gasteiger charge is 2.26. The summed E-state index contributed by atoms with van der Waals surface area (Å²) in [5.41, 5.74) is 0.460. The van der Waals surface area contributed by atoms with E-state index in [0.29, 0.717) is 25.3 Å². The minimum Gasteiger partial charge on any atom is -0.333 e. The summed E-state index contributed by atoms with van der Waals surface area (Å²) in [6, 6.07) is 9.91. The van der Waals surface area contributed by atoms with E-state index in [4.69, 9.17) is 0 Å². The first-order valence-electron chi connectivity index (χ1n) is 8.23. The molecule has 0 unspecified atom stereocenters. The summed E-state index contributed by atoms with van der Waals surface area (Å²) in [6.07, 6.45) is 2.85. The quantitative estimate of drug-likeness (QED) is 0.837. The fourth-order valence-corrected chi connectivity index (χ4v) is 4.95. The Labute approximate surface area is 151 Å². The third-order valence-corrected chi connectivity index (χ3v) is 6.82. The van der Waals surface area contributed by atoms with Gasteiger partial charge < -0.3 is 10.6 Å². The molecule has 0 aliphatic carbocycles. The number of sulfonamides is 1. The summed E-state index contributed by atoms with van der Waals surface area (Å²) in [5.74, 6) is 0. The Morgan fingerprint density at radius 1 is 1.12 bits per heavy atom. The number of thiophene rings is 1. The topological polar surface area (TPSA) is 78.5 Å². The maximum atomic E-state index is 12.7. The number of amides is 2. The molecule has 0 atom stereocenters. The Balaban J connectivity index is 1.65. The van der Waals surface area contributed by atoms with Crippen LogP contribution in [0.4, 0.5) is 10.5 Å². The Hall–Kier alpha value is -1.90. The number of nitrogens with one attached hydrogen (secondary N) is 2. The highest BCUT2D eigenvalue weighted by Crippen LogP contribution is 2.22. The van der Waals surface area contributed by atoms with Crippen LogP contribution in [0.25, 0.3) is 0 Å². The van der Waals surface area contributed by atoms with Crippen LogP contribution in [-0.2, 0) is 16.6 Å². The third kappa shape index (κ3) is 4.59. The fraction of sp³-hybridized carbons (Fsp3) is 0.353. The highest BCUT2D eigenvalue weighted by molar-refractivity contribution is 7.89. The van der Waals surface area contributed by atoms with Crippen LogP contribution in [0.1, 0.15) is 24.1 Å². The predicted molar refractivity (Wildman–Crippen MR) is 99.2 cm³/mol. The first kappa shape index (κ1) is 17.9. The zero-order valence-corrected chi connectivity index (χ0v) is 15.4. The molecule has 25 heavy (non-hydrogen) atoms. The summed E-state index contributed by atoms with van der Waals surface area (Å²) in [7, 11) is -3.50. The minimum atomic E-state index is -3.50. The Kier molecular flexibility index (Phi) is 5.72. The molecule has 8 heteroatoms. The predicted octanol–water partition coefficient (Wildman–Crippen LogP) is 3.24. The molecule has 3 rings (SSSR count). The van der Waals surface area contributed by atoms with E-state index in [9.17, 15) is 13.2 Å². The van der Waals surface area contributed by atoms with Gasteiger partial charge in [0.05, 0.1) is 11.4 Å². The molecule has 1 aromatic heterocycles. The van der Waals surface area contributed by atoms with Crippen molar-refractivity contribution in [3.05, 3.63) is 46.7 Å². The van der Waals surface area contributed by atoms with Crippen LogP contribution in [0.15, 0.2) is 46.7 Å². The van der Waals surface area contributed by atoms with E-state index in [2.05, 4.69) is 10.6 Å². The Morgan fingerprint density at radius 2 is 1.92 bits per heavy atom. The minimum absolute atomic E-state index is 0.213. The molecule has 0 saturated carbocycles. The first-order valence-corrected chi connectivity index (χ1v) is 10.5. The van der Waals surface area contributed by atoms with Gasteiger partial charge in [-0.25, -0.2) is 13.2 Å². The molecule has 2 heterocycles. The standard InChI is InChI=1S/C17H21N3O3S2/c21-17(18-13-15-7-5-11-24-15)19-14-6-4-8-16(12-14)25(22,23)20-9-2-1-3-10-20/h4-8,11-12H,1-3,9-10,13H2,(H2,18,19,21). The SMILES string of the molecule is O=C(NCc1cccs1)Nc1cccc(S(=O)(=O)N2CCCCC2)c1. The lowest BCUT2D eigenvalue weighted by atomic mass is 10.2. The van der Waals surface area contributed by atoms with Gasteiger partial charge in [0.2, 0.25) is 10.0 Å². The molecular weight excluding hydrogens is 358 g/mol. The number of rotatable bonds is 5. The number of hydrogen-bond donors (Lipinski definition) is 2. The molecular formula is C17H21N3O3S2. The van der Waals surface area contributed by atoms with Crippen molar-refractivity contribution in [3.63, 3.8) is 0 Å². The summed E-state index contributed by atoms with van der Waals surface area (Å²) >= 11 is 1.57. The van der Waals surface area contributed by atoms with Gasteiger partial charge in [0, 0.05) is 23.7 Å². The van der Waals surface area contributed by atoms with Crippen LogP contribution in [0.2, 0.25) is 0 Å². The summed E-state index contributed by atoms with van der Waals surface area (Å²) in [5, 5.41) is 7.40. The number of urea groups is 1. The number of benzene rings is 1. The second-order valence-corrected chi connectivity index (χ2v) is 8.85. The molecule has 1 fully saturated rings. The number of hydrogen-bond acceptors (Lipinski definition) is 4. The molecule has 1 aromatic carbocycles. The van der Waals surface area contributed by atoms with Crippen molar-refractivity contribution < 1.29 is 13.2 Å². The second-order valence-electron chi connectivity index (χ2n) is 5.88. The van der Waals surface area contributed by atoms with Gasteiger partial charge in [-0.3, -0.25) is 0 Å². The smallest absolute Gasteiger partial charge is 0.319 e. The zero-order chi connectivity index (χ0) is 17.7. The molecule has 1 saturated heterocycles. The highest BCUT2D eigenvalue weighted by atomic mass is 32.2. The van der Waals surface area contributed by atoms with E-state index in [0.717, 1.165) is 24.1 Å². The molecule has 134 valence electrons. The molecule has 2 N–H and O–H groups in total. The summed E-state index contributed by atoms with van der Waals surface area (Å²) in [4.78, 5) is 13.3. The van der Waals surface area contributed by atoms with E-state index in [-0.39, 0.29) is 10.9 Å². The van der Waals surface area contributed by atoms with Crippen LogP contribution in [-0.4, -0.2) is 31.8 Å². The van der Waals surface area contributed by atoms with Gasteiger partial charge in [-0.05, 0) is 42.5 Å². The van der Waals surface area contributed by atoms with Gasteiger partial charge in [0.25, 0.3) is 0 Å². The van der Waals surface area contributed by atoms with Crippen LogP contribution < -0.4 is 10.6 Å². The first-order chi connectivity index (χ1) is 12.1. The second kappa shape index (κ2) is 7.99. The molecule has 1 aliphatic heterocycles. The van der Waals surface area contributed by atoms with Crippen molar-refractivity contribution in [2.24, 2.45) is 0 Å². The average Bonchev–Trinajstić information content (AvgIpc) is 3.14. The number of nitrogens with zero attached hydrogens (tertiary/aromatic N) is 1. The van der Waals surface area contributed by atoms with E-state index in [1.54, 1.807) is 29.5 Å². The Morgan fingerprint density at radius 3 is 2.64 bits per heavy atom. The van der Waals surface area contributed by atoms with Gasteiger partial charge >= 0.3 is 6.03 Å². The average molecular weight is 380 g/mol. The fourth-order valence-electron chi connectivity index (χ4n) is 2.74. The molecule has 1 aliphatic rings. The summed E-state index contributed by atoms with van der Waals surface area (Å²) < 4.78 is 26.9. The van der Waals surface area contributed by atoms with Gasteiger partial charge in [0.15, 0.2) is 0 Å². The van der Waals surface area contributed by atoms with Crippen molar-refractivity contribution in [2.75, 3.05) is 18.4 Å². The maximum absolute atomic E-state index is 12.7. The van der Waals surface area contributed by atoms with Crippen LogP contribution in [0, 0.1) is 0 Å². The van der Waals surface area contributed by atoms with Gasteiger partial charge in [-0.1, -0.05) is 18.6 Å². The van der Waals surface area contributed by atoms with Crippen molar-refractivity contribution in [2.45, 2.75) is 30.7 Å². The maximum Gasteiger partial charge on any atom is 0.319 e. The normalized spacial score (nSPS) is 15.7.